The van der Waals surface area contributed by atoms with Crippen LogP contribution in [0.15, 0.2) is 24.3 Å². The molecule has 1 amide bonds. The summed E-state index contributed by atoms with van der Waals surface area (Å²) in [6.45, 7) is 8.25. The summed E-state index contributed by atoms with van der Waals surface area (Å²) < 4.78 is 1.11. The van der Waals surface area contributed by atoms with Gasteiger partial charge in [0.05, 0.1) is 0 Å². The molecule has 0 bridgehead atoms. The Labute approximate surface area is 129 Å². The second-order valence-corrected chi connectivity index (χ2v) is 6.17. The van der Waals surface area contributed by atoms with Gasteiger partial charge in [-0.3, -0.25) is 9.69 Å². The normalized spacial score (nSPS) is 19.2. The predicted octanol–water partition coefficient (Wildman–Crippen LogP) is 2.85. The van der Waals surface area contributed by atoms with Crippen molar-refractivity contribution < 1.29 is 4.79 Å². The number of likely N-dealkylation sites (tertiary alicyclic amines) is 1. The smallest absolute Gasteiger partial charge is 0.253 e. The summed E-state index contributed by atoms with van der Waals surface area (Å²) in [6, 6.07) is 8.37. The van der Waals surface area contributed by atoms with Gasteiger partial charge in [0.2, 0.25) is 0 Å². The summed E-state index contributed by atoms with van der Waals surface area (Å²) in [5.41, 5.74) is 0.812. The van der Waals surface area contributed by atoms with Gasteiger partial charge in [-0.25, -0.2) is 0 Å². The third kappa shape index (κ3) is 3.48. The van der Waals surface area contributed by atoms with E-state index in [1.165, 1.54) is 0 Å². The first-order valence-electron chi connectivity index (χ1n) is 6.94. The van der Waals surface area contributed by atoms with Gasteiger partial charge in [0.1, 0.15) is 0 Å². The van der Waals surface area contributed by atoms with Crippen LogP contribution in [-0.4, -0.2) is 47.9 Å². The van der Waals surface area contributed by atoms with Crippen LogP contribution < -0.4 is 0 Å². The van der Waals surface area contributed by atoms with Gasteiger partial charge in [-0.2, -0.15) is 0 Å². The van der Waals surface area contributed by atoms with Crippen molar-refractivity contribution in [2.45, 2.75) is 26.3 Å². The minimum absolute atomic E-state index is 0.174. The number of hydrogen-bond acceptors (Lipinski definition) is 2. The van der Waals surface area contributed by atoms with E-state index in [9.17, 15) is 4.79 Å². The molecule has 2 rings (SSSR count). The largest absolute Gasteiger partial charge is 0.337 e. The van der Waals surface area contributed by atoms with Crippen LogP contribution in [0.25, 0.3) is 0 Å². The SMILES string of the molecule is CCN(CC)C1CCN(C(=O)c2cccc(I)c2)C1. The van der Waals surface area contributed by atoms with Crippen LogP contribution in [0.2, 0.25) is 0 Å². The van der Waals surface area contributed by atoms with Gasteiger partial charge >= 0.3 is 0 Å². The number of carbonyl (C=O) groups excluding carboxylic acids is 1. The molecular weight excluding hydrogens is 351 g/mol. The van der Waals surface area contributed by atoms with Crippen LogP contribution in [0.1, 0.15) is 30.6 Å². The maximum atomic E-state index is 12.4. The molecule has 104 valence electrons. The topological polar surface area (TPSA) is 23.6 Å². The summed E-state index contributed by atoms with van der Waals surface area (Å²) in [6.07, 6.45) is 1.09. The van der Waals surface area contributed by atoms with Crippen LogP contribution in [0, 0.1) is 3.57 Å². The van der Waals surface area contributed by atoms with Crippen molar-refractivity contribution in [1.29, 1.82) is 0 Å². The molecule has 3 nitrogen and oxygen atoms in total. The zero-order chi connectivity index (χ0) is 13.8. The number of hydrogen-bond donors (Lipinski definition) is 0. The lowest BCUT2D eigenvalue weighted by Gasteiger charge is -2.26. The lowest BCUT2D eigenvalue weighted by atomic mass is 10.2. The maximum absolute atomic E-state index is 12.4. The molecule has 0 radical (unpaired) electrons. The molecule has 1 aromatic rings. The Bertz CT molecular complexity index is 446. The minimum Gasteiger partial charge on any atom is -0.337 e. The fourth-order valence-corrected chi connectivity index (χ4v) is 3.31. The standard InChI is InChI=1S/C15H21IN2O/c1-3-17(4-2)14-8-9-18(11-14)15(19)12-6-5-7-13(16)10-12/h5-7,10,14H,3-4,8-9,11H2,1-2H3. The van der Waals surface area contributed by atoms with Crippen LogP contribution >= 0.6 is 22.6 Å². The van der Waals surface area contributed by atoms with E-state index in [1.807, 2.05) is 29.2 Å². The van der Waals surface area contributed by atoms with E-state index in [1.54, 1.807) is 0 Å². The maximum Gasteiger partial charge on any atom is 0.253 e. The molecule has 0 aliphatic carbocycles. The van der Waals surface area contributed by atoms with E-state index in [0.29, 0.717) is 6.04 Å². The van der Waals surface area contributed by atoms with E-state index < -0.39 is 0 Å². The molecule has 0 spiro atoms. The Kier molecular flexibility index (Phi) is 5.21. The minimum atomic E-state index is 0.174. The summed E-state index contributed by atoms with van der Waals surface area (Å²) in [5, 5.41) is 0. The van der Waals surface area contributed by atoms with Crippen molar-refractivity contribution in [2.24, 2.45) is 0 Å². The highest BCUT2D eigenvalue weighted by atomic mass is 127. The van der Waals surface area contributed by atoms with Gasteiger partial charge in [-0.1, -0.05) is 19.9 Å². The first kappa shape index (κ1) is 14.8. The first-order valence-corrected chi connectivity index (χ1v) is 8.02. The van der Waals surface area contributed by atoms with E-state index in [-0.39, 0.29) is 5.91 Å². The molecule has 1 unspecified atom stereocenters. The van der Waals surface area contributed by atoms with Gasteiger partial charge in [-0.05, 0) is 60.3 Å². The number of rotatable bonds is 4. The molecule has 0 saturated carbocycles. The molecule has 1 atom stereocenters. The fourth-order valence-electron chi connectivity index (χ4n) is 2.77. The fraction of sp³-hybridized carbons (Fsp3) is 0.533. The Hall–Kier alpha value is -0.620. The van der Waals surface area contributed by atoms with Crippen molar-refractivity contribution in [1.82, 2.24) is 9.80 Å². The molecule has 0 aromatic heterocycles. The van der Waals surface area contributed by atoms with Crippen LogP contribution in [0.4, 0.5) is 0 Å². The highest BCUT2D eigenvalue weighted by Gasteiger charge is 2.29. The number of likely N-dealkylation sites (N-methyl/N-ethyl adjacent to an activating group) is 1. The Morgan fingerprint density at radius 3 is 2.79 bits per heavy atom. The Morgan fingerprint density at radius 2 is 2.16 bits per heavy atom. The molecule has 4 heteroatoms. The van der Waals surface area contributed by atoms with Crippen molar-refractivity contribution >= 4 is 28.5 Å². The van der Waals surface area contributed by atoms with Crippen LogP contribution in [0.3, 0.4) is 0 Å². The first-order chi connectivity index (χ1) is 9.15. The van der Waals surface area contributed by atoms with Gasteiger partial charge in [0.25, 0.3) is 5.91 Å². The second kappa shape index (κ2) is 6.70. The molecule has 1 saturated heterocycles. The average molecular weight is 372 g/mol. The number of halogens is 1. The van der Waals surface area contributed by atoms with Gasteiger partial charge < -0.3 is 4.90 Å². The quantitative estimate of drug-likeness (QED) is 0.759. The van der Waals surface area contributed by atoms with Crippen LogP contribution in [-0.2, 0) is 0 Å². The molecule has 0 N–H and O–H groups in total. The molecule has 1 heterocycles. The number of carbonyl (C=O) groups is 1. The van der Waals surface area contributed by atoms with Crippen molar-refractivity contribution in [3.05, 3.63) is 33.4 Å². The predicted molar refractivity (Wildman–Crippen MR) is 86.4 cm³/mol. The summed E-state index contributed by atoms with van der Waals surface area (Å²) in [7, 11) is 0. The van der Waals surface area contributed by atoms with Crippen molar-refractivity contribution in [3.8, 4) is 0 Å². The highest BCUT2D eigenvalue weighted by molar-refractivity contribution is 14.1. The molecule has 1 aromatic carbocycles. The molecular formula is C15H21IN2O. The molecule has 19 heavy (non-hydrogen) atoms. The Morgan fingerprint density at radius 1 is 1.42 bits per heavy atom. The molecule has 1 fully saturated rings. The monoisotopic (exact) mass is 372 g/mol. The lowest BCUT2D eigenvalue weighted by molar-refractivity contribution is 0.0778. The van der Waals surface area contributed by atoms with Gasteiger partial charge in [0, 0.05) is 28.3 Å². The van der Waals surface area contributed by atoms with Crippen molar-refractivity contribution in [2.75, 3.05) is 26.2 Å². The third-order valence-electron chi connectivity index (χ3n) is 3.85. The summed E-state index contributed by atoms with van der Waals surface area (Å²) in [5.74, 6) is 0.174. The second-order valence-electron chi connectivity index (χ2n) is 4.93. The number of benzene rings is 1. The number of nitrogens with zero attached hydrogens (tertiary/aromatic N) is 2. The van der Waals surface area contributed by atoms with Crippen LogP contribution in [0.5, 0.6) is 0 Å². The van der Waals surface area contributed by atoms with E-state index >= 15 is 0 Å². The summed E-state index contributed by atoms with van der Waals surface area (Å²) >= 11 is 2.25. The lowest BCUT2D eigenvalue weighted by Crippen LogP contribution is -2.38. The van der Waals surface area contributed by atoms with E-state index in [0.717, 1.165) is 41.7 Å². The third-order valence-corrected chi connectivity index (χ3v) is 4.52. The van der Waals surface area contributed by atoms with E-state index in [4.69, 9.17) is 0 Å². The van der Waals surface area contributed by atoms with Crippen molar-refractivity contribution in [3.63, 3.8) is 0 Å². The van der Waals surface area contributed by atoms with E-state index in [2.05, 4.69) is 41.3 Å². The van der Waals surface area contributed by atoms with Gasteiger partial charge in [-0.15, -0.1) is 0 Å². The Balaban J connectivity index is 2.02. The summed E-state index contributed by atoms with van der Waals surface area (Å²) in [4.78, 5) is 16.9. The number of amides is 1. The molecule has 1 aliphatic heterocycles. The average Bonchev–Trinajstić information content (AvgIpc) is 2.89. The highest BCUT2D eigenvalue weighted by Crippen LogP contribution is 2.18. The zero-order valence-electron chi connectivity index (χ0n) is 11.6. The van der Waals surface area contributed by atoms with Gasteiger partial charge in [0.15, 0.2) is 0 Å². The zero-order valence-corrected chi connectivity index (χ0v) is 13.8. The molecule has 1 aliphatic rings.